The molecule has 0 saturated carbocycles. The number of hydrogen-bond acceptors (Lipinski definition) is 6. The number of morpholine rings is 1. The van der Waals surface area contributed by atoms with Gasteiger partial charge in [-0.1, -0.05) is 11.6 Å². The van der Waals surface area contributed by atoms with Crippen molar-refractivity contribution < 1.29 is 17.5 Å². The van der Waals surface area contributed by atoms with E-state index in [0.29, 0.717) is 31.7 Å². The molecule has 2 saturated heterocycles. The summed E-state index contributed by atoms with van der Waals surface area (Å²) in [4.78, 5) is 19.8. The van der Waals surface area contributed by atoms with E-state index in [0.717, 1.165) is 36.4 Å². The number of imidazole rings is 1. The third-order valence-electron chi connectivity index (χ3n) is 6.59. The van der Waals surface area contributed by atoms with E-state index in [4.69, 9.17) is 16.3 Å². The van der Waals surface area contributed by atoms with Gasteiger partial charge in [-0.05, 0) is 37.1 Å². The van der Waals surface area contributed by atoms with E-state index in [-0.39, 0.29) is 34.7 Å². The van der Waals surface area contributed by atoms with Crippen LogP contribution in [-0.4, -0.2) is 66.2 Å². The first-order valence-corrected chi connectivity index (χ1v) is 12.9. The largest absolute Gasteiger partial charge is 0.378 e. The molecule has 0 bridgehead atoms. The quantitative estimate of drug-likeness (QED) is 0.536. The summed E-state index contributed by atoms with van der Waals surface area (Å²) in [6, 6.07) is 5.05. The SMILES string of the molecule is Cn1c(=O)n(C2CCN(S(=O)(=O)c3ccc(F)cc3Cl)CC2)c2ncc(N3CCOCC3)cc21. The lowest BCUT2D eigenvalue weighted by Gasteiger charge is -2.32. The fraction of sp³-hybridized carbons (Fsp3) is 0.455. The highest BCUT2D eigenvalue weighted by Gasteiger charge is 2.33. The minimum Gasteiger partial charge on any atom is -0.378 e. The van der Waals surface area contributed by atoms with Gasteiger partial charge in [-0.15, -0.1) is 0 Å². The van der Waals surface area contributed by atoms with Crippen LogP contribution in [0.3, 0.4) is 0 Å². The van der Waals surface area contributed by atoms with Crippen LogP contribution < -0.4 is 10.6 Å². The second-order valence-electron chi connectivity index (χ2n) is 8.56. The molecule has 2 aromatic heterocycles. The number of piperidine rings is 1. The van der Waals surface area contributed by atoms with Gasteiger partial charge in [0.2, 0.25) is 10.0 Å². The molecule has 1 aromatic carbocycles. The molecule has 0 spiro atoms. The van der Waals surface area contributed by atoms with E-state index in [1.54, 1.807) is 22.4 Å². The Bertz CT molecular complexity index is 1390. The predicted molar refractivity (Wildman–Crippen MR) is 126 cm³/mol. The molecule has 0 unspecified atom stereocenters. The Morgan fingerprint density at radius 2 is 1.82 bits per heavy atom. The molecular formula is C22H25ClFN5O4S. The zero-order valence-electron chi connectivity index (χ0n) is 18.7. The van der Waals surface area contributed by atoms with Crippen molar-refractivity contribution in [3.63, 3.8) is 0 Å². The Kier molecular flexibility index (Phi) is 6.13. The normalized spacial score (nSPS) is 18.6. The van der Waals surface area contributed by atoms with Crippen molar-refractivity contribution in [3.05, 3.63) is 51.8 Å². The zero-order chi connectivity index (χ0) is 24.0. The number of fused-ring (bicyclic) bond motifs is 1. The molecule has 0 amide bonds. The summed E-state index contributed by atoms with van der Waals surface area (Å²) < 4.78 is 49.5. The molecule has 182 valence electrons. The van der Waals surface area contributed by atoms with Crippen molar-refractivity contribution in [2.75, 3.05) is 44.3 Å². The van der Waals surface area contributed by atoms with Crippen molar-refractivity contribution in [2.45, 2.75) is 23.8 Å². The number of benzene rings is 1. The second kappa shape index (κ2) is 8.95. The Morgan fingerprint density at radius 3 is 2.50 bits per heavy atom. The van der Waals surface area contributed by atoms with Crippen LogP contribution in [0.4, 0.5) is 10.1 Å². The molecule has 0 atom stereocenters. The summed E-state index contributed by atoms with van der Waals surface area (Å²) >= 11 is 6.00. The second-order valence-corrected chi connectivity index (χ2v) is 10.9. The number of pyridine rings is 1. The highest BCUT2D eigenvalue weighted by atomic mass is 35.5. The molecule has 2 fully saturated rings. The highest BCUT2D eigenvalue weighted by molar-refractivity contribution is 7.89. The van der Waals surface area contributed by atoms with E-state index < -0.39 is 15.8 Å². The molecule has 3 aromatic rings. The number of anilines is 1. The monoisotopic (exact) mass is 509 g/mol. The van der Waals surface area contributed by atoms with Crippen LogP contribution in [0.5, 0.6) is 0 Å². The number of rotatable bonds is 4. The van der Waals surface area contributed by atoms with Gasteiger partial charge in [0.1, 0.15) is 10.7 Å². The number of hydrogen-bond donors (Lipinski definition) is 0. The van der Waals surface area contributed by atoms with Crippen LogP contribution in [0, 0.1) is 5.82 Å². The fourth-order valence-corrected chi connectivity index (χ4v) is 6.69. The number of sulfonamides is 1. The Balaban J connectivity index is 1.39. The van der Waals surface area contributed by atoms with Gasteiger partial charge in [0, 0.05) is 39.3 Å². The molecule has 2 aliphatic rings. The van der Waals surface area contributed by atoms with Gasteiger partial charge in [0.15, 0.2) is 5.65 Å². The van der Waals surface area contributed by atoms with Crippen molar-refractivity contribution in [3.8, 4) is 0 Å². The molecule has 0 radical (unpaired) electrons. The van der Waals surface area contributed by atoms with Crippen LogP contribution in [0.25, 0.3) is 11.2 Å². The number of aryl methyl sites for hydroxylation is 1. The predicted octanol–water partition coefficient (Wildman–Crippen LogP) is 2.39. The lowest BCUT2D eigenvalue weighted by atomic mass is 10.1. The smallest absolute Gasteiger partial charge is 0.330 e. The van der Waals surface area contributed by atoms with Gasteiger partial charge >= 0.3 is 5.69 Å². The molecule has 34 heavy (non-hydrogen) atoms. The zero-order valence-corrected chi connectivity index (χ0v) is 20.2. The first-order valence-electron chi connectivity index (χ1n) is 11.1. The summed E-state index contributed by atoms with van der Waals surface area (Å²) in [5, 5.41) is -0.146. The summed E-state index contributed by atoms with van der Waals surface area (Å²) in [6.07, 6.45) is 2.67. The standard InChI is InChI=1S/C22H25ClFN5O4S/c1-26-19-13-17(27-8-10-33-11-9-27)14-25-21(19)29(22(26)30)16-4-6-28(7-5-16)34(31,32)20-3-2-15(24)12-18(20)23/h2-3,12-14,16H,4-11H2,1H3. The van der Waals surface area contributed by atoms with Gasteiger partial charge in [0.25, 0.3) is 0 Å². The maximum absolute atomic E-state index is 13.4. The van der Waals surface area contributed by atoms with Gasteiger partial charge < -0.3 is 9.64 Å². The Hall–Kier alpha value is -2.47. The van der Waals surface area contributed by atoms with Crippen molar-refractivity contribution >= 4 is 38.5 Å². The molecule has 0 N–H and O–H groups in total. The Morgan fingerprint density at radius 1 is 1.12 bits per heavy atom. The molecule has 12 heteroatoms. The third kappa shape index (κ3) is 4.00. The summed E-state index contributed by atoms with van der Waals surface area (Å²) in [5.41, 5.74) is 2.10. The molecular weight excluding hydrogens is 485 g/mol. The van der Waals surface area contributed by atoms with Crippen molar-refractivity contribution in [2.24, 2.45) is 7.05 Å². The molecule has 9 nitrogen and oxygen atoms in total. The maximum Gasteiger partial charge on any atom is 0.330 e. The first-order chi connectivity index (χ1) is 16.3. The van der Waals surface area contributed by atoms with Crippen LogP contribution in [-0.2, 0) is 21.8 Å². The molecule has 2 aliphatic heterocycles. The number of nitrogens with zero attached hydrogens (tertiary/aromatic N) is 5. The molecule has 0 aliphatic carbocycles. The van der Waals surface area contributed by atoms with Crippen molar-refractivity contribution in [1.29, 1.82) is 0 Å². The van der Waals surface area contributed by atoms with Gasteiger partial charge in [-0.3, -0.25) is 9.13 Å². The number of halogens is 2. The van der Waals surface area contributed by atoms with Crippen LogP contribution in [0.2, 0.25) is 5.02 Å². The van der Waals surface area contributed by atoms with E-state index >= 15 is 0 Å². The Labute approximate surface area is 201 Å². The fourth-order valence-electron chi connectivity index (χ4n) is 4.71. The van der Waals surface area contributed by atoms with E-state index in [2.05, 4.69) is 9.88 Å². The van der Waals surface area contributed by atoms with Gasteiger partial charge in [0.05, 0.1) is 35.6 Å². The average molecular weight is 510 g/mol. The topological polar surface area (TPSA) is 89.7 Å². The average Bonchev–Trinajstić information content (AvgIpc) is 3.09. The third-order valence-corrected chi connectivity index (χ3v) is 8.97. The summed E-state index contributed by atoms with van der Waals surface area (Å²) in [5.74, 6) is -0.595. The molecule has 4 heterocycles. The number of aromatic nitrogens is 3. The van der Waals surface area contributed by atoms with E-state index in [1.165, 1.54) is 10.4 Å². The van der Waals surface area contributed by atoms with Gasteiger partial charge in [-0.2, -0.15) is 4.31 Å². The first kappa shape index (κ1) is 23.3. The highest BCUT2D eigenvalue weighted by Crippen LogP contribution is 2.31. The summed E-state index contributed by atoms with van der Waals surface area (Å²) in [6.45, 7) is 3.29. The van der Waals surface area contributed by atoms with Crippen LogP contribution in [0.1, 0.15) is 18.9 Å². The van der Waals surface area contributed by atoms with Crippen LogP contribution >= 0.6 is 11.6 Å². The minimum absolute atomic E-state index is 0.117. The van der Waals surface area contributed by atoms with Crippen LogP contribution in [0.15, 0.2) is 40.2 Å². The lowest BCUT2D eigenvalue weighted by Crippen LogP contribution is -2.41. The minimum atomic E-state index is -3.87. The summed E-state index contributed by atoms with van der Waals surface area (Å²) in [7, 11) is -2.15. The lowest BCUT2D eigenvalue weighted by molar-refractivity contribution is 0.122. The number of ether oxygens (including phenoxy) is 1. The maximum atomic E-state index is 13.4. The van der Waals surface area contributed by atoms with Crippen molar-refractivity contribution in [1.82, 2.24) is 18.4 Å². The van der Waals surface area contributed by atoms with Gasteiger partial charge in [-0.25, -0.2) is 22.6 Å². The van der Waals surface area contributed by atoms with E-state index in [1.807, 2.05) is 6.07 Å². The molecule has 5 rings (SSSR count). The van der Waals surface area contributed by atoms with E-state index in [9.17, 15) is 17.6 Å².